The molecule has 2 nitrogen and oxygen atoms in total. The summed E-state index contributed by atoms with van der Waals surface area (Å²) in [4.78, 5) is 1.38. The Balaban J connectivity index is 1.90. The van der Waals surface area contributed by atoms with E-state index in [1.807, 2.05) is 11.3 Å². The van der Waals surface area contributed by atoms with Gasteiger partial charge in [0.1, 0.15) is 5.75 Å². The largest absolute Gasteiger partial charge is 0.493 e. The molecule has 0 radical (unpaired) electrons. The van der Waals surface area contributed by atoms with E-state index in [0.717, 1.165) is 31.7 Å². The van der Waals surface area contributed by atoms with Gasteiger partial charge in [-0.1, -0.05) is 25.1 Å². The predicted molar refractivity (Wildman–Crippen MR) is 80.1 cm³/mol. The third-order valence-corrected chi connectivity index (χ3v) is 4.41. The average molecular weight is 273 g/mol. The van der Waals surface area contributed by atoms with E-state index >= 15 is 0 Å². The lowest BCUT2D eigenvalue weighted by Gasteiger charge is -2.18. The highest BCUT2D eigenvalue weighted by molar-refractivity contribution is 7.10. The summed E-state index contributed by atoms with van der Waals surface area (Å²) in [5.41, 5.74) is 2.69. The van der Waals surface area contributed by atoms with Crippen molar-refractivity contribution >= 4 is 11.3 Å². The van der Waals surface area contributed by atoms with Gasteiger partial charge in [-0.05, 0) is 41.6 Å². The molecule has 0 fully saturated rings. The number of ether oxygens (including phenoxy) is 1. The van der Waals surface area contributed by atoms with Crippen LogP contribution in [-0.2, 0) is 6.42 Å². The zero-order valence-corrected chi connectivity index (χ0v) is 12.0. The van der Waals surface area contributed by atoms with Crippen LogP contribution in [0.25, 0.3) is 0 Å². The van der Waals surface area contributed by atoms with Crippen LogP contribution in [0.1, 0.15) is 35.4 Å². The summed E-state index contributed by atoms with van der Waals surface area (Å²) in [5.74, 6) is 1.06. The Hall–Kier alpha value is -1.32. The standard InChI is InChI=1S/C16H19NOS/c1-2-8-17-16(15-4-3-10-19-15)13-5-6-14-12(11-13)7-9-18-14/h3-6,10-11,16-17H,2,7-9H2,1H3. The normalized spacial score (nSPS) is 15.0. The molecule has 3 heteroatoms. The summed E-state index contributed by atoms with van der Waals surface area (Å²) in [5, 5.41) is 5.79. The van der Waals surface area contributed by atoms with Gasteiger partial charge in [0, 0.05) is 11.3 Å². The molecule has 0 saturated heterocycles. The molecule has 1 aliphatic heterocycles. The van der Waals surface area contributed by atoms with Gasteiger partial charge in [-0.25, -0.2) is 0 Å². The summed E-state index contributed by atoms with van der Waals surface area (Å²) in [6.45, 7) is 4.07. The zero-order valence-electron chi connectivity index (χ0n) is 11.2. The van der Waals surface area contributed by atoms with E-state index in [-0.39, 0.29) is 0 Å². The van der Waals surface area contributed by atoms with Crippen LogP contribution < -0.4 is 10.1 Å². The highest BCUT2D eigenvalue weighted by Gasteiger charge is 2.18. The molecule has 1 unspecified atom stereocenters. The van der Waals surface area contributed by atoms with Crippen molar-refractivity contribution in [2.24, 2.45) is 0 Å². The maximum Gasteiger partial charge on any atom is 0.122 e. The Labute approximate surface area is 118 Å². The summed E-state index contributed by atoms with van der Waals surface area (Å²) < 4.78 is 5.59. The van der Waals surface area contributed by atoms with Crippen molar-refractivity contribution in [3.8, 4) is 5.75 Å². The van der Waals surface area contributed by atoms with Gasteiger partial charge in [0.15, 0.2) is 0 Å². The van der Waals surface area contributed by atoms with Crippen molar-refractivity contribution in [2.75, 3.05) is 13.2 Å². The fraction of sp³-hybridized carbons (Fsp3) is 0.375. The number of fused-ring (bicyclic) bond motifs is 1. The monoisotopic (exact) mass is 273 g/mol. The molecular formula is C16H19NOS. The molecule has 3 rings (SSSR count). The molecule has 0 amide bonds. The molecule has 1 aliphatic rings. The van der Waals surface area contributed by atoms with E-state index in [1.165, 1.54) is 16.0 Å². The van der Waals surface area contributed by atoms with E-state index in [1.54, 1.807) is 0 Å². The molecule has 0 saturated carbocycles. The van der Waals surface area contributed by atoms with Crippen LogP contribution in [0, 0.1) is 0 Å². The van der Waals surface area contributed by atoms with Gasteiger partial charge >= 0.3 is 0 Å². The number of rotatable bonds is 5. The lowest BCUT2D eigenvalue weighted by molar-refractivity contribution is 0.357. The third kappa shape index (κ3) is 2.67. The minimum atomic E-state index is 0.311. The zero-order chi connectivity index (χ0) is 13.1. The van der Waals surface area contributed by atoms with Gasteiger partial charge in [0.2, 0.25) is 0 Å². The fourth-order valence-electron chi connectivity index (χ4n) is 2.51. The molecule has 0 bridgehead atoms. The van der Waals surface area contributed by atoms with Crippen LogP contribution in [-0.4, -0.2) is 13.2 Å². The van der Waals surface area contributed by atoms with Crippen LogP contribution in [0.2, 0.25) is 0 Å². The van der Waals surface area contributed by atoms with E-state index < -0.39 is 0 Å². The predicted octanol–water partition coefficient (Wildman–Crippen LogP) is 3.77. The number of thiophene rings is 1. The molecule has 100 valence electrons. The second kappa shape index (κ2) is 5.76. The Morgan fingerprint density at radius 3 is 3.11 bits per heavy atom. The molecule has 1 atom stereocenters. The summed E-state index contributed by atoms with van der Waals surface area (Å²) >= 11 is 1.82. The molecule has 1 N–H and O–H groups in total. The molecule has 2 heterocycles. The lowest BCUT2D eigenvalue weighted by atomic mass is 10.0. The Kier molecular flexibility index (Phi) is 3.85. The van der Waals surface area contributed by atoms with Crippen LogP contribution in [0.4, 0.5) is 0 Å². The number of hydrogen-bond donors (Lipinski definition) is 1. The second-order valence-electron chi connectivity index (χ2n) is 4.87. The van der Waals surface area contributed by atoms with Gasteiger partial charge in [-0.2, -0.15) is 0 Å². The van der Waals surface area contributed by atoms with Crippen LogP contribution >= 0.6 is 11.3 Å². The quantitative estimate of drug-likeness (QED) is 0.895. The molecule has 1 aromatic heterocycles. The van der Waals surface area contributed by atoms with Gasteiger partial charge in [-0.3, -0.25) is 0 Å². The van der Waals surface area contributed by atoms with Crippen LogP contribution in [0.5, 0.6) is 5.75 Å². The number of hydrogen-bond acceptors (Lipinski definition) is 3. The van der Waals surface area contributed by atoms with Gasteiger partial charge in [0.05, 0.1) is 12.6 Å². The second-order valence-corrected chi connectivity index (χ2v) is 5.85. The fourth-order valence-corrected chi connectivity index (χ4v) is 3.34. The Bertz CT molecular complexity index is 536. The van der Waals surface area contributed by atoms with E-state index in [9.17, 15) is 0 Å². The van der Waals surface area contributed by atoms with Crippen LogP contribution in [0.3, 0.4) is 0 Å². The van der Waals surface area contributed by atoms with E-state index in [4.69, 9.17) is 4.74 Å². The first kappa shape index (κ1) is 12.7. The highest BCUT2D eigenvalue weighted by atomic mass is 32.1. The first-order valence-electron chi connectivity index (χ1n) is 6.91. The third-order valence-electron chi connectivity index (χ3n) is 3.47. The van der Waals surface area contributed by atoms with Crippen molar-refractivity contribution in [1.82, 2.24) is 5.32 Å². The lowest BCUT2D eigenvalue weighted by Crippen LogP contribution is -2.22. The molecule has 0 aliphatic carbocycles. The number of benzene rings is 1. The summed E-state index contributed by atoms with van der Waals surface area (Å²) in [6.07, 6.45) is 2.18. The van der Waals surface area contributed by atoms with Crippen molar-refractivity contribution in [1.29, 1.82) is 0 Å². The maximum atomic E-state index is 5.59. The van der Waals surface area contributed by atoms with Gasteiger partial charge < -0.3 is 10.1 Å². The topological polar surface area (TPSA) is 21.3 Å². The number of nitrogens with one attached hydrogen (secondary N) is 1. The summed E-state index contributed by atoms with van der Waals surface area (Å²) in [6, 6.07) is 11.3. The first-order chi connectivity index (χ1) is 9.38. The van der Waals surface area contributed by atoms with Crippen molar-refractivity contribution < 1.29 is 4.74 Å². The minimum Gasteiger partial charge on any atom is -0.493 e. The van der Waals surface area contributed by atoms with Crippen molar-refractivity contribution in [3.63, 3.8) is 0 Å². The van der Waals surface area contributed by atoms with E-state index in [0.29, 0.717) is 6.04 Å². The maximum absolute atomic E-state index is 5.59. The van der Waals surface area contributed by atoms with Gasteiger partial charge in [-0.15, -0.1) is 11.3 Å². The Morgan fingerprint density at radius 1 is 1.37 bits per heavy atom. The molecular weight excluding hydrogens is 254 g/mol. The molecule has 19 heavy (non-hydrogen) atoms. The average Bonchev–Trinajstić information content (AvgIpc) is 3.09. The van der Waals surface area contributed by atoms with Crippen molar-refractivity contribution in [2.45, 2.75) is 25.8 Å². The first-order valence-corrected chi connectivity index (χ1v) is 7.79. The molecule has 0 spiro atoms. The van der Waals surface area contributed by atoms with Gasteiger partial charge in [0.25, 0.3) is 0 Å². The van der Waals surface area contributed by atoms with Crippen molar-refractivity contribution in [3.05, 3.63) is 51.7 Å². The smallest absolute Gasteiger partial charge is 0.122 e. The minimum absolute atomic E-state index is 0.311. The highest BCUT2D eigenvalue weighted by Crippen LogP contribution is 2.32. The summed E-state index contributed by atoms with van der Waals surface area (Å²) in [7, 11) is 0. The molecule has 2 aromatic rings. The Morgan fingerprint density at radius 2 is 2.32 bits per heavy atom. The van der Waals surface area contributed by atoms with Crippen LogP contribution in [0.15, 0.2) is 35.7 Å². The molecule has 1 aromatic carbocycles. The van der Waals surface area contributed by atoms with E-state index in [2.05, 4.69) is 48.0 Å². The SMILES string of the molecule is CCCNC(c1ccc2c(c1)CCO2)c1cccs1.